The summed E-state index contributed by atoms with van der Waals surface area (Å²) in [5, 5.41) is 17.5. The van der Waals surface area contributed by atoms with E-state index >= 15 is 0 Å². The van der Waals surface area contributed by atoms with Crippen molar-refractivity contribution in [3.05, 3.63) is 39.3 Å². The highest BCUT2D eigenvalue weighted by Crippen LogP contribution is 2.23. The molecule has 2 heterocycles. The lowest BCUT2D eigenvalue weighted by Crippen LogP contribution is -2.16. The molecule has 0 fully saturated rings. The Morgan fingerprint density at radius 2 is 2.41 bits per heavy atom. The SMILES string of the molecule is O=[N+]([O-])c1ccc(CNCCc2ncon2)s1. The molecular formula is C9H10N4O3S. The first kappa shape index (κ1) is 11.7. The highest BCUT2D eigenvalue weighted by atomic mass is 32.1. The third-order valence-electron chi connectivity index (χ3n) is 2.06. The maximum absolute atomic E-state index is 10.5. The Bertz CT molecular complexity index is 482. The summed E-state index contributed by atoms with van der Waals surface area (Å²) in [5.41, 5.74) is 0. The van der Waals surface area contributed by atoms with Crippen molar-refractivity contribution in [3.8, 4) is 0 Å². The van der Waals surface area contributed by atoms with Gasteiger partial charge in [-0.2, -0.15) is 4.98 Å². The van der Waals surface area contributed by atoms with Crippen molar-refractivity contribution in [3.63, 3.8) is 0 Å². The minimum Gasteiger partial charge on any atom is -0.343 e. The van der Waals surface area contributed by atoms with Crippen LogP contribution in [0.15, 0.2) is 23.0 Å². The molecule has 0 bridgehead atoms. The molecule has 7 nitrogen and oxygen atoms in total. The van der Waals surface area contributed by atoms with E-state index in [2.05, 4.69) is 20.0 Å². The number of aromatic nitrogens is 2. The van der Waals surface area contributed by atoms with Crippen LogP contribution in [-0.4, -0.2) is 21.6 Å². The average molecular weight is 254 g/mol. The van der Waals surface area contributed by atoms with E-state index in [1.165, 1.54) is 23.8 Å². The standard InChI is InChI=1S/C9H10N4O3S/c14-13(15)9-2-1-7(17-9)5-10-4-3-8-11-6-16-12-8/h1-2,6,10H,3-5H2. The molecule has 0 atom stereocenters. The smallest absolute Gasteiger partial charge is 0.324 e. The van der Waals surface area contributed by atoms with Gasteiger partial charge in [0.15, 0.2) is 5.82 Å². The van der Waals surface area contributed by atoms with Gasteiger partial charge in [-0.05, 0) is 6.07 Å². The van der Waals surface area contributed by atoms with Gasteiger partial charge in [-0.15, -0.1) is 0 Å². The van der Waals surface area contributed by atoms with Gasteiger partial charge >= 0.3 is 5.00 Å². The lowest BCUT2D eigenvalue weighted by molar-refractivity contribution is -0.380. The first-order valence-corrected chi connectivity index (χ1v) is 5.76. The minimum absolute atomic E-state index is 0.167. The number of nitrogens with one attached hydrogen (secondary N) is 1. The molecule has 2 rings (SSSR count). The van der Waals surface area contributed by atoms with Crippen molar-refractivity contribution in [2.24, 2.45) is 0 Å². The van der Waals surface area contributed by atoms with E-state index in [4.69, 9.17) is 0 Å². The van der Waals surface area contributed by atoms with Crippen molar-refractivity contribution in [2.75, 3.05) is 6.54 Å². The third kappa shape index (κ3) is 3.33. The fourth-order valence-corrected chi connectivity index (χ4v) is 2.06. The first-order chi connectivity index (χ1) is 8.25. The number of hydrogen-bond acceptors (Lipinski definition) is 7. The zero-order chi connectivity index (χ0) is 12.1. The second-order valence-electron chi connectivity index (χ2n) is 3.27. The molecule has 1 N–H and O–H groups in total. The molecular weight excluding hydrogens is 244 g/mol. The molecule has 2 aromatic rings. The van der Waals surface area contributed by atoms with Crippen LogP contribution in [0.1, 0.15) is 10.7 Å². The second-order valence-corrected chi connectivity index (χ2v) is 4.42. The molecule has 0 aliphatic rings. The van der Waals surface area contributed by atoms with Crippen LogP contribution in [0.5, 0.6) is 0 Å². The van der Waals surface area contributed by atoms with Gasteiger partial charge in [0.25, 0.3) is 0 Å². The highest BCUT2D eigenvalue weighted by molar-refractivity contribution is 7.15. The van der Waals surface area contributed by atoms with Crippen molar-refractivity contribution in [1.29, 1.82) is 0 Å². The molecule has 0 saturated heterocycles. The summed E-state index contributed by atoms with van der Waals surface area (Å²) in [6.45, 7) is 1.31. The minimum atomic E-state index is -0.381. The molecule has 0 aliphatic heterocycles. The number of nitrogens with zero attached hydrogens (tertiary/aromatic N) is 3. The Morgan fingerprint density at radius 3 is 3.06 bits per heavy atom. The molecule has 0 unspecified atom stereocenters. The van der Waals surface area contributed by atoms with Crippen molar-refractivity contribution in [1.82, 2.24) is 15.5 Å². The van der Waals surface area contributed by atoms with Crippen molar-refractivity contribution < 1.29 is 9.45 Å². The highest BCUT2D eigenvalue weighted by Gasteiger charge is 2.08. The van der Waals surface area contributed by atoms with Crippen LogP contribution < -0.4 is 5.32 Å². The molecule has 17 heavy (non-hydrogen) atoms. The largest absolute Gasteiger partial charge is 0.343 e. The van der Waals surface area contributed by atoms with Gasteiger partial charge in [0.1, 0.15) is 0 Å². The molecule has 0 spiro atoms. The summed E-state index contributed by atoms with van der Waals surface area (Å²) in [6, 6.07) is 3.27. The van der Waals surface area contributed by atoms with E-state index in [9.17, 15) is 10.1 Å². The number of rotatable bonds is 6. The van der Waals surface area contributed by atoms with Gasteiger partial charge in [-0.1, -0.05) is 16.5 Å². The van der Waals surface area contributed by atoms with E-state index in [1.807, 2.05) is 0 Å². The molecule has 90 valence electrons. The summed E-state index contributed by atoms with van der Waals surface area (Å²) in [5.74, 6) is 0.648. The molecule has 0 saturated carbocycles. The predicted octanol–water partition coefficient (Wildman–Crippen LogP) is 1.37. The summed E-state index contributed by atoms with van der Waals surface area (Å²) >= 11 is 1.18. The van der Waals surface area contributed by atoms with Crippen LogP contribution in [0.2, 0.25) is 0 Å². The fourth-order valence-electron chi connectivity index (χ4n) is 1.27. The normalized spacial score (nSPS) is 10.6. The quantitative estimate of drug-likeness (QED) is 0.475. The van der Waals surface area contributed by atoms with E-state index in [1.54, 1.807) is 6.07 Å². The molecule has 0 radical (unpaired) electrons. The Balaban J connectivity index is 1.72. The molecule has 8 heteroatoms. The second kappa shape index (κ2) is 5.51. The van der Waals surface area contributed by atoms with Crippen LogP contribution >= 0.6 is 11.3 Å². The summed E-state index contributed by atoms with van der Waals surface area (Å²) in [6.07, 6.45) is 1.96. The van der Waals surface area contributed by atoms with Crippen LogP contribution in [-0.2, 0) is 13.0 Å². The average Bonchev–Trinajstić information content (AvgIpc) is 2.96. The van der Waals surface area contributed by atoms with E-state index in [0.717, 1.165) is 4.88 Å². The van der Waals surface area contributed by atoms with Gasteiger partial charge < -0.3 is 9.84 Å². The van der Waals surface area contributed by atoms with Crippen LogP contribution in [0.4, 0.5) is 5.00 Å². The van der Waals surface area contributed by atoms with Crippen LogP contribution in [0.25, 0.3) is 0 Å². The lowest BCUT2D eigenvalue weighted by Gasteiger charge is -1.99. The van der Waals surface area contributed by atoms with Gasteiger partial charge in [0.2, 0.25) is 6.39 Å². The molecule has 0 amide bonds. The monoisotopic (exact) mass is 254 g/mol. The number of hydrogen-bond donors (Lipinski definition) is 1. The topological polar surface area (TPSA) is 94.1 Å². The Labute approximate surface area is 101 Å². The van der Waals surface area contributed by atoms with Crippen LogP contribution in [0, 0.1) is 10.1 Å². The Hall–Kier alpha value is -1.80. The van der Waals surface area contributed by atoms with E-state index < -0.39 is 0 Å². The number of nitro groups is 1. The van der Waals surface area contributed by atoms with Gasteiger partial charge in [0.05, 0.1) is 4.92 Å². The zero-order valence-electron chi connectivity index (χ0n) is 8.83. The van der Waals surface area contributed by atoms with Crippen LogP contribution in [0.3, 0.4) is 0 Å². The molecule has 2 aromatic heterocycles. The van der Waals surface area contributed by atoms with Gasteiger partial charge in [-0.3, -0.25) is 10.1 Å². The molecule has 0 aliphatic carbocycles. The Kier molecular flexibility index (Phi) is 3.78. The first-order valence-electron chi connectivity index (χ1n) is 4.95. The summed E-state index contributed by atoms with van der Waals surface area (Å²) < 4.78 is 4.60. The maximum atomic E-state index is 10.5. The fraction of sp³-hybridized carbons (Fsp3) is 0.333. The Morgan fingerprint density at radius 1 is 1.53 bits per heavy atom. The lowest BCUT2D eigenvalue weighted by atomic mass is 10.4. The maximum Gasteiger partial charge on any atom is 0.324 e. The predicted molar refractivity (Wildman–Crippen MR) is 60.7 cm³/mol. The molecule has 0 aromatic carbocycles. The van der Waals surface area contributed by atoms with Gasteiger partial charge in [-0.25, -0.2) is 0 Å². The van der Waals surface area contributed by atoms with Crippen molar-refractivity contribution in [2.45, 2.75) is 13.0 Å². The zero-order valence-corrected chi connectivity index (χ0v) is 9.64. The van der Waals surface area contributed by atoms with E-state index in [-0.39, 0.29) is 9.92 Å². The van der Waals surface area contributed by atoms with E-state index in [0.29, 0.717) is 25.3 Å². The van der Waals surface area contributed by atoms with Gasteiger partial charge in [0, 0.05) is 30.5 Å². The van der Waals surface area contributed by atoms with Crippen molar-refractivity contribution >= 4 is 16.3 Å². The summed E-state index contributed by atoms with van der Waals surface area (Å²) in [4.78, 5) is 14.9. The third-order valence-corrected chi connectivity index (χ3v) is 3.10. The number of thiophene rings is 1. The summed E-state index contributed by atoms with van der Waals surface area (Å²) in [7, 11) is 0.